The molecule has 6 nitrogen and oxygen atoms in total. The lowest BCUT2D eigenvalue weighted by Crippen LogP contribution is -2.49. The minimum Gasteiger partial charge on any atom is -0.493 e. The van der Waals surface area contributed by atoms with E-state index in [1.165, 1.54) is 11.1 Å². The van der Waals surface area contributed by atoms with Crippen molar-refractivity contribution in [3.05, 3.63) is 29.3 Å². The summed E-state index contributed by atoms with van der Waals surface area (Å²) >= 11 is 0. The van der Waals surface area contributed by atoms with Crippen molar-refractivity contribution < 1.29 is 9.53 Å². The first-order valence-electron chi connectivity index (χ1n) is 9.95. The number of aliphatic imine (C=N–C) groups is 1. The summed E-state index contributed by atoms with van der Waals surface area (Å²) in [5.41, 5.74) is 2.32. The van der Waals surface area contributed by atoms with Crippen LogP contribution in [-0.4, -0.2) is 57.6 Å². The van der Waals surface area contributed by atoms with Crippen LogP contribution in [0, 0.1) is 5.41 Å². The molecule has 0 unspecified atom stereocenters. The van der Waals surface area contributed by atoms with Gasteiger partial charge >= 0.3 is 0 Å². The van der Waals surface area contributed by atoms with Gasteiger partial charge < -0.3 is 20.3 Å². The minimum absolute atomic E-state index is 0. The molecule has 2 N–H and O–H groups in total. The average molecular weight is 500 g/mol. The van der Waals surface area contributed by atoms with E-state index in [4.69, 9.17) is 4.74 Å². The predicted molar refractivity (Wildman–Crippen MR) is 124 cm³/mol. The third kappa shape index (κ3) is 5.30. The van der Waals surface area contributed by atoms with Crippen LogP contribution in [0.15, 0.2) is 23.2 Å². The number of amides is 1. The largest absolute Gasteiger partial charge is 0.493 e. The van der Waals surface area contributed by atoms with Gasteiger partial charge in [-0.3, -0.25) is 9.79 Å². The molecule has 1 saturated carbocycles. The van der Waals surface area contributed by atoms with Gasteiger partial charge in [-0.2, -0.15) is 0 Å². The fourth-order valence-corrected chi connectivity index (χ4v) is 4.19. The van der Waals surface area contributed by atoms with E-state index in [2.05, 4.69) is 33.8 Å². The molecule has 0 spiro atoms. The molecule has 1 aliphatic heterocycles. The second-order valence-corrected chi connectivity index (χ2v) is 7.83. The highest BCUT2D eigenvalue weighted by molar-refractivity contribution is 14.0. The maximum atomic E-state index is 12.7. The molecule has 0 saturated heterocycles. The summed E-state index contributed by atoms with van der Waals surface area (Å²) < 4.78 is 5.56. The van der Waals surface area contributed by atoms with Crippen LogP contribution in [0.1, 0.15) is 36.8 Å². The van der Waals surface area contributed by atoms with E-state index in [-0.39, 0.29) is 35.3 Å². The van der Waals surface area contributed by atoms with Crippen LogP contribution in [0.3, 0.4) is 0 Å². The van der Waals surface area contributed by atoms with Crippen molar-refractivity contribution in [2.24, 2.45) is 10.4 Å². The van der Waals surface area contributed by atoms with Crippen molar-refractivity contribution in [1.82, 2.24) is 15.5 Å². The zero-order valence-corrected chi connectivity index (χ0v) is 19.5. The summed E-state index contributed by atoms with van der Waals surface area (Å²) in [7, 11) is 5.46. The van der Waals surface area contributed by atoms with Crippen LogP contribution < -0.4 is 15.4 Å². The number of hydrogen-bond acceptors (Lipinski definition) is 3. The van der Waals surface area contributed by atoms with Crippen LogP contribution >= 0.6 is 24.0 Å². The number of guanidine groups is 1. The third-order valence-corrected chi connectivity index (χ3v) is 5.70. The Morgan fingerprint density at radius 3 is 2.68 bits per heavy atom. The quantitative estimate of drug-likeness (QED) is 0.358. The van der Waals surface area contributed by atoms with E-state index in [9.17, 15) is 4.79 Å². The third-order valence-electron chi connectivity index (χ3n) is 5.70. The predicted octanol–water partition coefficient (Wildman–Crippen LogP) is 2.60. The van der Waals surface area contributed by atoms with E-state index < -0.39 is 0 Å². The van der Waals surface area contributed by atoms with Gasteiger partial charge in [0.05, 0.1) is 12.0 Å². The summed E-state index contributed by atoms with van der Waals surface area (Å²) in [6.07, 6.45) is 6.07. The molecule has 1 amide bonds. The van der Waals surface area contributed by atoms with Crippen molar-refractivity contribution in [3.8, 4) is 5.75 Å². The number of fused-ring (bicyclic) bond motifs is 1. The molecule has 7 heteroatoms. The first-order valence-corrected chi connectivity index (χ1v) is 9.95. The van der Waals surface area contributed by atoms with Gasteiger partial charge in [0, 0.05) is 40.7 Å². The zero-order valence-electron chi connectivity index (χ0n) is 17.2. The van der Waals surface area contributed by atoms with Crippen molar-refractivity contribution >= 4 is 35.8 Å². The van der Waals surface area contributed by atoms with Crippen LogP contribution in [0.5, 0.6) is 5.75 Å². The molecule has 1 fully saturated rings. The smallest absolute Gasteiger partial charge is 0.230 e. The van der Waals surface area contributed by atoms with Gasteiger partial charge in [-0.05, 0) is 36.5 Å². The van der Waals surface area contributed by atoms with E-state index in [0.717, 1.165) is 63.4 Å². The number of carbonyl (C=O) groups is 1. The highest BCUT2D eigenvalue weighted by atomic mass is 127. The van der Waals surface area contributed by atoms with E-state index >= 15 is 0 Å². The van der Waals surface area contributed by atoms with Gasteiger partial charge in [0.25, 0.3) is 0 Å². The van der Waals surface area contributed by atoms with Crippen molar-refractivity contribution in [1.29, 1.82) is 0 Å². The highest BCUT2D eigenvalue weighted by Crippen LogP contribution is 2.38. The van der Waals surface area contributed by atoms with Crippen LogP contribution in [0.2, 0.25) is 0 Å². The number of rotatable bonds is 6. The fourth-order valence-electron chi connectivity index (χ4n) is 4.19. The molecule has 3 rings (SSSR count). The minimum atomic E-state index is -0.291. The number of ether oxygens (including phenoxy) is 1. The molecule has 1 aromatic carbocycles. The number of nitrogens with zero attached hydrogens (tertiary/aromatic N) is 2. The van der Waals surface area contributed by atoms with E-state index in [1.54, 1.807) is 11.9 Å². The van der Waals surface area contributed by atoms with Gasteiger partial charge in [0.1, 0.15) is 5.75 Å². The molecular weight excluding hydrogens is 467 g/mol. The molecule has 2 aliphatic rings. The first kappa shape index (κ1) is 22.8. The lowest BCUT2D eigenvalue weighted by atomic mass is 9.84. The maximum Gasteiger partial charge on any atom is 0.230 e. The average Bonchev–Trinajstić information content (AvgIpc) is 3.33. The second kappa shape index (κ2) is 10.3. The van der Waals surface area contributed by atoms with E-state index in [0.29, 0.717) is 6.54 Å². The molecule has 28 heavy (non-hydrogen) atoms. The molecule has 1 heterocycles. The summed E-state index contributed by atoms with van der Waals surface area (Å²) in [6, 6.07) is 6.44. The van der Waals surface area contributed by atoms with Crippen molar-refractivity contribution in [2.45, 2.75) is 38.5 Å². The topological polar surface area (TPSA) is 66.0 Å². The molecule has 0 radical (unpaired) electrons. The molecule has 1 aliphatic carbocycles. The van der Waals surface area contributed by atoms with Gasteiger partial charge in [-0.25, -0.2) is 0 Å². The zero-order chi connectivity index (χ0) is 19.3. The van der Waals surface area contributed by atoms with Gasteiger partial charge in [-0.1, -0.05) is 25.0 Å². The fraction of sp³-hybridized carbons (Fsp3) is 0.619. The number of nitrogens with one attached hydrogen (secondary N) is 2. The van der Waals surface area contributed by atoms with Gasteiger partial charge in [-0.15, -0.1) is 24.0 Å². The maximum absolute atomic E-state index is 12.7. The lowest BCUT2D eigenvalue weighted by Gasteiger charge is -2.31. The highest BCUT2D eigenvalue weighted by Gasteiger charge is 2.42. The molecule has 0 aromatic heterocycles. The normalized spacial score (nSPS) is 17.3. The SMILES string of the molecule is CN=C(NCCc1ccc2c(c1)CCO2)NCC1(C(=O)N(C)C)CCCC1.I. The first-order chi connectivity index (χ1) is 13.0. The molecule has 0 bridgehead atoms. The van der Waals surface area contributed by atoms with Gasteiger partial charge in [0.15, 0.2) is 5.96 Å². The van der Waals surface area contributed by atoms with Gasteiger partial charge in [0.2, 0.25) is 5.91 Å². The monoisotopic (exact) mass is 500 g/mol. The second-order valence-electron chi connectivity index (χ2n) is 7.83. The Hall–Kier alpha value is -1.51. The Balaban J connectivity index is 0.00000280. The summed E-state index contributed by atoms with van der Waals surface area (Å²) in [5.74, 6) is 2.01. The Kier molecular flexibility index (Phi) is 8.39. The molecule has 0 atom stereocenters. The summed E-state index contributed by atoms with van der Waals surface area (Å²) in [4.78, 5) is 18.7. The standard InChI is InChI=1S/C21H32N4O2.HI/c1-22-20(24-15-21(10-4-5-11-21)19(26)25(2)3)23-12-8-16-6-7-18-17(14-16)9-13-27-18;/h6-7,14H,4-5,8-13,15H2,1-3H3,(H2,22,23,24);1H. The Labute approximate surface area is 185 Å². The Morgan fingerprint density at radius 2 is 2.00 bits per heavy atom. The Bertz CT molecular complexity index is 700. The number of carbonyl (C=O) groups excluding carboxylic acids is 1. The van der Waals surface area contributed by atoms with Crippen LogP contribution in [0.25, 0.3) is 0 Å². The molecule has 1 aromatic rings. The van der Waals surface area contributed by atoms with Crippen molar-refractivity contribution in [2.75, 3.05) is 40.8 Å². The number of benzene rings is 1. The number of hydrogen-bond donors (Lipinski definition) is 2. The Morgan fingerprint density at radius 1 is 1.25 bits per heavy atom. The molecule has 156 valence electrons. The lowest BCUT2D eigenvalue weighted by molar-refractivity contribution is -0.138. The van der Waals surface area contributed by atoms with Crippen molar-refractivity contribution in [3.63, 3.8) is 0 Å². The van der Waals surface area contributed by atoms with Crippen LogP contribution in [0.4, 0.5) is 0 Å². The summed E-state index contributed by atoms with van der Waals surface area (Å²) in [6.45, 7) is 2.23. The van der Waals surface area contributed by atoms with Crippen LogP contribution in [-0.2, 0) is 17.6 Å². The molecular formula is C21H33IN4O2. The number of halogens is 1. The summed E-state index contributed by atoms with van der Waals surface area (Å²) in [5, 5.41) is 6.76. The van der Waals surface area contributed by atoms with E-state index in [1.807, 2.05) is 14.1 Å².